The molecule has 58 heavy (non-hydrogen) atoms. The molecular formula is C53H103NO4. The predicted octanol–water partition coefficient (Wildman–Crippen LogP) is 15.7. The van der Waals surface area contributed by atoms with Gasteiger partial charge in [-0.1, -0.05) is 269 Å². The van der Waals surface area contributed by atoms with Crippen LogP contribution < -0.4 is 5.32 Å². The minimum absolute atomic E-state index is 0.0103. The molecule has 0 fully saturated rings. The van der Waals surface area contributed by atoms with E-state index in [0.29, 0.717) is 6.42 Å². The Morgan fingerprint density at radius 3 is 1.10 bits per heavy atom. The third-order valence-electron chi connectivity index (χ3n) is 12.2. The molecule has 0 heterocycles. The van der Waals surface area contributed by atoms with Crippen molar-refractivity contribution >= 4 is 5.91 Å². The summed E-state index contributed by atoms with van der Waals surface area (Å²) >= 11 is 0. The van der Waals surface area contributed by atoms with Crippen molar-refractivity contribution in [3.05, 3.63) is 24.3 Å². The van der Waals surface area contributed by atoms with Gasteiger partial charge >= 0.3 is 0 Å². The maximum absolute atomic E-state index is 12.5. The summed E-state index contributed by atoms with van der Waals surface area (Å²) in [5.74, 6) is -0.320. The first-order chi connectivity index (χ1) is 28.5. The molecule has 0 aliphatic heterocycles. The lowest BCUT2D eigenvalue weighted by atomic mass is 10.0. The van der Waals surface area contributed by atoms with Crippen molar-refractivity contribution in [1.82, 2.24) is 5.32 Å². The second-order valence-corrected chi connectivity index (χ2v) is 18.1. The number of carbonyl (C=O) groups is 1. The molecule has 0 aromatic heterocycles. The van der Waals surface area contributed by atoms with Crippen molar-refractivity contribution in [3.63, 3.8) is 0 Å². The summed E-state index contributed by atoms with van der Waals surface area (Å²) < 4.78 is 0. The van der Waals surface area contributed by atoms with Crippen molar-refractivity contribution in [3.8, 4) is 0 Å². The van der Waals surface area contributed by atoms with Gasteiger partial charge in [-0.25, -0.2) is 0 Å². The molecule has 5 heteroatoms. The Kier molecular flexibility index (Phi) is 47.5. The predicted molar refractivity (Wildman–Crippen MR) is 255 cm³/mol. The topological polar surface area (TPSA) is 89.8 Å². The van der Waals surface area contributed by atoms with Gasteiger partial charge in [0, 0.05) is 0 Å². The molecule has 0 spiro atoms. The van der Waals surface area contributed by atoms with Crippen molar-refractivity contribution in [2.24, 2.45) is 0 Å². The van der Waals surface area contributed by atoms with E-state index in [1.54, 1.807) is 6.08 Å². The van der Waals surface area contributed by atoms with Gasteiger partial charge in [-0.2, -0.15) is 0 Å². The van der Waals surface area contributed by atoms with E-state index in [1.807, 2.05) is 6.08 Å². The zero-order valence-corrected chi connectivity index (χ0v) is 39.2. The van der Waals surface area contributed by atoms with Gasteiger partial charge in [0.2, 0.25) is 5.91 Å². The minimum Gasteiger partial charge on any atom is -0.394 e. The summed E-state index contributed by atoms with van der Waals surface area (Å²) in [4.78, 5) is 12.5. The Labute approximate surface area is 362 Å². The Morgan fingerprint density at radius 2 is 0.741 bits per heavy atom. The molecule has 3 atom stereocenters. The molecule has 0 aliphatic carbocycles. The number of hydrogen-bond acceptors (Lipinski definition) is 4. The molecule has 344 valence electrons. The van der Waals surface area contributed by atoms with Gasteiger partial charge in [0.1, 0.15) is 0 Å². The number of rotatable bonds is 48. The molecule has 0 aliphatic rings. The Balaban J connectivity index is 3.61. The van der Waals surface area contributed by atoms with Gasteiger partial charge in [0.15, 0.2) is 0 Å². The molecule has 0 rings (SSSR count). The number of nitrogens with one attached hydrogen (secondary N) is 1. The van der Waals surface area contributed by atoms with Crippen LogP contribution in [0.25, 0.3) is 0 Å². The average molecular weight is 818 g/mol. The van der Waals surface area contributed by atoms with Gasteiger partial charge in [-0.3, -0.25) is 4.79 Å². The van der Waals surface area contributed by atoms with E-state index in [0.717, 1.165) is 32.1 Å². The van der Waals surface area contributed by atoms with Gasteiger partial charge < -0.3 is 20.6 Å². The second-order valence-electron chi connectivity index (χ2n) is 18.1. The average Bonchev–Trinajstić information content (AvgIpc) is 3.22. The highest BCUT2D eigenvalue weighted by Crippen LogP contribution is 2.17. The molecule has 1 amide bonds. The monoisotopic (exact) mass is 818 g/mol. The highest BCUT2D eigenvalue weighted by Gasteiger charge is 2.20. The fraction of sp³-hybridized carbons (Fsp3) is 0.906. The van der Waals surface area contributed by atoms with Crippen LogP contribution in [-0.2, 0) is 4.79 Å². The summed E-state index contributed by atoms with van der Waals surface area (Å²) in [5.41, 5.74) is 0. The van der Waals surface area contributed by atoms with Crippen LogP contribution in [-0.4, -0.2) is 46.1 Å². The summed E-state index contributed by atoms with van der Waals surface area (Å²) in [6, 6.07) is -0.758. The lowest BCUT2D eigenvalue weighted by Gasteiger charge is -2.21. The van der Waals surface area contributed by atoms with E-state index in [-0.39, 0.29) is 18.9 Å². The summed E-state index contributed by atoms with van der Waals surface area (Å²) in [5, 5.41) is 33.4. The van der Waals surface area contributed by atoms with E-state index in [4.69, 9.17) is 0 Å². The minimum atomic E-state index is -0.949. The fourth-order valence-corrected chi connectivity index (χ4v) is 8.24. The molecular weight excluding hydrogens is 715 g/mol. The SMILES string of the molecule is CCCCCCCCCCCCCCCCC/C=C/CC/C=C/C(O)C(CO)NC(=O)CC(O)CCCCCCCCCCCCCCCCCCCCCCCC. The number of hydrogen-bond donors (Lipinski definition) is 4. The van der Waals surface area contributed by atoms with Gasteiger partial charge in [0.25, 0.3) is 0 Å². The van der Waals surface area contributed by atoms with E-state index in [1.165, 1.54) is 225 Å². The van der Waals surface area contributed by atoms with Crippen LogP contribution in [0.2, 0.25) is 0 Å². The van der Waals surface area contributed by atoms with E-state index < -0.39 is 18.2 Å². The van der Waals surface area contributed by atoms with Crippen LogP contribution in [0.15, 0.2) is 24.3 Å². The van der Waals surface area contributed by atoms with Crippen molar-refractivity contribution in [2.75, 3.05) is 6.61 Å². The molecule has 0 aromatic rings. The first-order valence-corrected chi connectivity index (χ1v) is 26.1. The Bertz CT molecular complexity index is 859. The van der Waals surface area contributed by atoms with Gasteiger partial charge in [-0.15, -0.1) is 0 Å². The number of aliphatic hydroxyl groups excluding tert-OH is 3. The normalized spacial score (nSPS) is 13.5. The third kappa shape index (κ3) is 44.4. The summed E-state index contributed by atoms with van der Waals surface area (Å²) in [6.07, 6.45) is 60.7. The maximum Gasteiger partial charge on any atom is 0.222 e. The quantitative estimate of drug-likeness (QED) is 0.0364. The van der Waals surface area contributed by atoms with Crippen molar-refractivity contribution in [1.29, 1.82) is 0 Å². The number of amides is 1. The van der Waals surface area contributed by atoms with E-state index >= 15 is 0 Å². The maximum atomic E-state index is 12.5. The van der Waals surface area contributed by atoms with Crippen LogP contribution in [0, 0.1) is 0 Å². The largest absolute Gasteiger partial charge is 0.394 e. The Hall–Kier alpha value is -1.17. The molecule has 4 N–H and O–H groups in total. The van der Waals surface area contributed by atoms with Crippen molar-refractivity contribution < 1.29 is 20.1 Å². The fourth-order valence-electron chi connectivity index (χ4n) is 8.24. The van der Waals surface area contributed by atoms with Crippen LogP contribution in [0.5, 0.6) is 0 Å². The zero-order chi connectivity index (χ0) is 42.3. The first-order valence-electron chi connectivity index (χ1n) is 26.1. The van der Waals surface area contributed by atoms with Gasteiger partial charge in [0.05, 0.1) is 31.3 Å². The standard InChI is InChI=1S/C53H103NO4/c1-3-5-7-9-11-13-15-17-19-21-23-25-27-28-30-32-34-36-38-40-42-44-46-50(56)48-53(58)54-51(49-55)52(57)47-45-43-41-39-37-35-33-31-29-26-24-22-20-18-16-14-12-10-8-6-4-2/h37,39,45,47,50-52,55-57H,3-36,38,40-44,46,48-49H2,1-2H3,(H,54,58)/b39-37+,47-45+. The molecule has 5 nitrogen and oxygen atoms in total. The Morgan fingerprint density at radius 1 is 0.431 bits per heavy atom. The number of aliphatic hydroxyl groups is 3. The van der Waals surface area contributed by atoms with Gasteiger partial charge in [-0.05, 0) is 32.1 Å². The van der Waals surface area contributed by atoms with E-state index in [2.05, 4.69) is 31.3 Å². The lowest BCUT2D eigenvalue weighted by molar-refractivity contribution is -0.124. The van der Waals surface area contributed by atoms with E-state index in [9.17, 15) is 20.1 Å². The number of unbranched alkanes of at least 4 members (excludes halogenated alkanes) is 37. The molecule has 0 saturated carbocycles. The smallest absolute Gasteiger partial charge is 0.222 e. The zero-order valence-electron chi connectivity index (χ0n) is 39.2. The first kappa shape index (κ1) is 56.8. The lowest BCUT2D eigenvalue weighted by Crippen LogP contribution is -2.45. The molecule has 0 aromatic carbocycles. The molecule has 0 saturated heterocycles. The number of carbonyl (C=O) groups excluding carboxylic acids is 1. The summed E-state index contributed by atoms with van der Waals surface area (Å²) in [6.45, 7) is 4.23. The van der Waals surface area contributed by atoms with Crippen molar-refractivity contribution in [2.45, 2.75) is 302 Å². The van der Waals surface area contributed by atoms with Crippen LogP contribution >= 0.6 is 0 Å². The molecule has 0 radical (unpaired) electrons. The number of allylic oxidation sites excluding steroid dienone is 3. The molecule has 3 unspecified atom stereocenters. The highest BCUT2D eigenvalue weighted by molar-refractivity contribution is 5.76. The van der Waals surface area contributed by atoms with Crippen LogP contribution in [0.3, 0.4) is 0 Å². The molecule has 0 bridgehead atoms. The summed E-state index contributed by atoms with van der Waals surface area (Å²) in [7, 11) is 0. The third-order valence-corrected chi connectivity index (χ3v) is 12.2. The van der Waals surface area contributed by atoms with Crippen LogP contribution in [0.1, 0.15) is 284 Å². The van der Waals surface area contributed by atoms with Crippen LogP contribution in [0.4, 0.5) is 0 Å². The highest BCUT2D eigenvalue weighted by atomic mass is 16.3. The second kappa shape index (κ2) is 48.5.